The Bertz CT molecular complexity index is 484. The molecule has 0 fully saturated rings. The molecule has 0 amide bonds. The molecule has 0 unspecified atom stereocenters. The maximum atomic E-state index is 12.6. The van der Waals surface area contributed by atoms with E-state index in [0.717, 1.165) is 11.3 Å². The third-order valence-corrected chi connectivity index (χ3v) is 2.04. The average molecular weight is 204 g/mol. The molecule has 0 aliphatic carbocycles. The minimum atomic E-state index is -0.256. The lowest BCUT2D eigenvalue weighted by Crippen LogP contribution is -2.07. The third-order valence-electron chi connectivity index (χ3n) is 2.04. The zero-order chi connectivity index (χ0) is 10.7. The van der Waals surface area contributed by atoms with Crippen LogP contribution in [0.15, 0.2) is 41.2 Å². The molecule has 0 aliphatic heterocycles. The quantitative estimate of drug-likeness (QED) is 0.805. The summed E-state index contributed by atoms with van der Waals surface area (Å²) in [5.74, 6) is -0.256. The molecule has 0 saturated carbocycles. The van der Waals surface area contributed by atoms with Gasteiger partial charge in [0.15, 0.2) is 0 Å². The minimum Gasteiger partial charge on any atom is -0.268 e. The fourth-order valence-electron chi connectivity index (χ4n) is 1.28. The number of benzene rings is 1. The molecule has 0 radical (unpaired) electrons. The predicted octanol–water partition coefficient (Wildman–Crippen LogP) is 1.50. The van der Waals surface area contributed by atoms with Gasteiger partial charge in [0, 0.05) is 12.5 Å². The SMILES string of the molecule is O=c1ccc(Cc2ccc(F)cc2)n[nH]1. The summed E-state index contributed by atoms with van der Waals surface area (Å²) in [5, 5.41) is 6.22. The highest BCUT2D eigenvalue weighted by molar-refractivity contribution is 5.21. The molecule has 1 aromatic heterocycles. The maximum absolute atomic E-state index is 12.6. The van der Waals surface area contributed by atoms with Gasteiger partial charge in [0.1, 0.15) is 5.82 Å². The Morgan fingerprint density at radius 1 is 1.13 bits per heavy atom. The van der Waals surface area contributed by atoms with E-state index in [1.165, 1.54) is 18.2 Å². The molecule has 4 heteroatoms. The van der Waals surface area contributed by atoms with Crippen molar-refractivity contribution in [2.75, 3.05) is 0 Å². The maximum Gasteiger partial charge on any atom is 0.264 e. The van der Waals surface area contributed by atoms with Gasteiger partial charge in [-0.1, -0.05) is 12.1 Å². The van der Waals surface area contributed by atoms with E-state index in [0.29, 0.717) is 6.42 Å². The van der Waals surface area contributed by atoms with E-state index in [1.54, 1.807) is 18.2 Å². The van der Waals surface area contributed by atoms with Crippen LogP contribution in [0.2, 0.25) is 0 Å². The second kappa shape index (κ2) is 4.04. The van der Waals surface area contributed by atoms with E-state index in [2.05, 4.69) is 10.2 Å². The lowest BCUT2D eigenvalue weighted by Gasteiger charge is -1.99. The number of hydrogen-bond donors (Lipinski definition) is 1. The van der Waals surface area contributed by atoms with E-state index in [4.69, 9.17) is 0 Å². The lowest BCUT2D eigenvalue weighted by molar-refractivity contribution is 0.627. The van der Waals surface area contributed by atoms with Crippen LogP contribution in [0.3, 0.4) is 0 Å². The standard InChI is InChI=1S/C11H9FN2O/c12-9-3-1-8(2-4-9)7-10-5-6-11(15)14-13-10/h1-6H,7H2,(H,14,15). The number of H-pyrrole nitrogens is 1. The van der Waals surface area contributed by atoms with E-state index in [-0.39, 0.29) is 11.4 Å². The molecular weight excluding hydrogens is 195 g/mol. The summed E-state index contributed by atoms with van der Waals surface area (Å²) >= 11 is 0. The highest BCUT2D eigenvalue weighted by atomic mass is 19.1. The van der Waals surface area contributed by atoms with Crippen LogP contribution in [0.5, 0.6) is 0 Å². The fourth-order valence-corrected chi connectivity index (χ4v) is 1.28. The molecule has 2 rings (SSSR count). The van der Waals surface area contributed by atoms with Crippen molar-refractivity contribution < 1.29 is 4.39 Å². The van der Waals surface area contributed by atoms with Crippen LogP contribution in [0.1, 0.15) is 11.3 Å². The van der Waals surface area contributed by atoms with Gasteiger partial charge >= 0.3 is 0 Å². The first-order chi connectivity index (χ1) is 7.24. The van der Waals surface area contributed by atoms with Crippen molar-refractivity contribution in [1.82, 2.24) is 10.2 Å². The van der Waals surface area contributed by atoms with Crippen molar-refractivity contribution >= 4 is 0 Å². The zero-order valence-corrected chi connectivity index (χ0v) is 7.90. The van der Waals surface area contributed by atoms with Crippen LogP contribution in [0, 0.1) is 5.82 Å². The van der Waals surface area contributed by atoms with Crippen LogP contribution < -0.4 is 5.56 Å². The normalized spacial score (nSPS) is 10.2. The molecule has 0 atom stereocenters. The second-order valence-corrected chi connectivity index (χ2v) is 3.22. The smallest absolute Gasteiger partial charge is 0.264 e. The zero-order valence-electron chi connectivity index (χ0n) is 7.90. The van der Waals surface area contributed by atoms with Gasteiger partial charge in [-0.05, 0) is 23.8 Å². The Morgan fingerprint density at radius 3 is 2.47 bits per heavy atom. The van der Waals surface area contributed by atoms with E-state index >= 15 is 0 Å². The van der Waals surface area contributed by atoms with Gasteiger partial charge in [0.05, 0.1) is 5.69 Å². The van der Waals surface area contributed by atoms with E-state index in [9.17, 15) is 9.18 Å². The highest BCUT2D eigenvalue weighted by Gasteiger charge is 1.98. The topological polar surface area (TPSA) is 45.8 Å². The molecule has 0 saturated heterocycles. The summed E-state index contributed by atoms with van der Waals surface area (Å²) in [5.41, 5.74) is 1.48. The molecule has 0 bridgehead atoms. The van der Waals surface area contributed by atoms with Crippen molar-refractivity contribution in [3.8, 4) is 0 Å². The first kappa shape index (κ1) is 9.58. The van der Waals surface area contributed by atoms with Gasteiger partial charge in [-0.25, -0.2) is 9.49 Å². The first-order valence-corrected chi connectivity index (χ1v) is 4.53. The lowest BCUT2D eigenvalue weighted by atomic mass is 10.1. The summed E-state index contributed by atoms with van der Waals surface area (Å²) in [6.07, 6.45) is 0.580. The molecule has 0 spiro atoms. The van der Waals surface area contributed by atoms with E-state index in [1.807, 2.05) is 0 Å². The number of nitrogens with zero attached hydrogens (tertiary/aromatic N) is 1. The molecule has 1 aromatic carbocycles. The summed E-state index contributed by atoms with van der Waals surface area (Å²) in [7, 11) is 0. The van der Waals surface area contributed by atoms with Crippen molar-refractivity contribution in [1.29, 1.82) is 0 Å². The summed E-state index contributed by atoms with van der Waals surface area (Å²) < 4.78 is 12.6. The number of nitrogens with one attached hydrogen (secondary N) is 1. The number of rotatable bonds is 2. The molecule has 3 nitrogen and oxygen atoms in total. The molecule has 0 aliphatic rings. The van der Waals surface area contributed by atoms with Gasteiger partial charge in [-0.2, -0.15) is 5.10 Å². The van der Waals surface area contributed by atoms with Gasteiger partial charge in [-0.3, -0.25) is 4.79 Å². The largest absolute Gasteiger partial charge is 0.268 e. The molecule has 15 heavy (non-hydrogen) atoms. The monoisotopic (exact) mass is 204 g/mol. The summed E-state index contributed by atoms with van der Waals surface area (Å²) in [6, 6.07) is 9.28. The van der Waals surface area contributed by atoms with Gasteiger partial charge in [-0.15, -0.1) is 0 Å². The Labute approximate surface area is 85.6 Å². The van der Waals surface area contributed by atoms with Gasteiger partial charge in [0.25, 0.3) is 5.56 Å². The van der Waals surface area contributed by atoms with Crippen LogP contribution in [0.25, 0.3) is 0 Å². The van der Waals surface area contributed by atoms with E-state index < -0.39 is 0 Å². The summed E-state index contributed by atoms with van der Waals surface area (Å²) in [6.45, 7) is 0. The Morgan fingerprint density at radius 2 is 1.87 bits per heavy atom. The van der Waals surface area contributed by atoms with Crippen LogP contribution in [0.4, 0.5) is 4.39 Å². The molecule has 2 aromatic rings. The number of halogens is 1. The van der Waals surface area contributed by atoms with Crippen LogP contribution in [-0.2, 0) is 6.42 Å². The summed E-state index contributed by atoms with van der Waals surface area (Å²) in [4.78, 5) is 10.8. The first-order valence-electron chi connectivity index (χ1n) is 4.53. The highest BCUT2D eigenvalue weighted by Crippen LogP contribution is 2.06. The Hall–Kier alpha value is -1.97. The number of aromatic nitrogens is 2. The van der Waals surface area contributed by atoms with Crippen molar-refractivity contribution in [3.05, 3.63) is 63.8 Å². The Balaban J connectivity index is 2.18. The molecule has 1 N–H and O–H groups in total. The third kappa shape index (κ3) is 2.49. The van der Waals surface area contributed by atoms with Crippen LogP contribution in [-0.4, -0.2) is 10.2 Å². The predicted molar refractivity (Wildman–Crippen MR) is 54.1 cm³/mol. The molecule has 76 valence electrons. The second-order valence-electron chi connectivity index (χ2n) is 3.22. The number of hydrogen-bond acceptors (Lipinski definition) is 2. The molecular formula is C11H9FN2O. The fraction of sp³-hybridized carbons (Fsp3) is 0.0909. The van der Waals surface area contributed by atoms with Crippen LogP contribution >= 0.6 is 0 Å². The average Bonchev–Trinajstić information content (AvgIpc) is 2.25. The Kier molecular flexibility index (Phi) is 2.58. The van der Waals surface area contributed by atoms with Gasteiger partial charge < -0.3 is 0 Å². The van der Waals surface area contributed by atoms with Gasteiger partial charge in [0.2, 0.25) is 0 Å². The molecule has 1 heterocycles. The van der Waals surface area contributed by atoms with Crippen molar-refractivity contribution in [3.63, 3.8) is 0 Å². The number of aromatic amines is 1. The van der Waals surface area contributed by atoms with Crippen molar-refractivity contribution in [2.45, 2.75) is 6.42 Å². The minimum absolute atomic E-state index is 0.224. The van der Waals surface area contributed by atoms with Crippen molar-refractivity contribution in [2.24, 2.45) is 0 Å².